The van der Waals surface area contributed by atoms with Gasteiger partial charge in [-0.15, -0.1) is 0 Å². The molecule has 32 heavy (non-hydrogen) atoms. The summed E-state index contributed by atoms with van der Waals surface area (Å²) < 4.78 is 45.5. The van der Waals surface area contributed by atoms with E-state index in [1.54, 1.807) is 35.2 Å². The van der Waals surface area contributed by atoms with Crippen molar-refractivity contribution in [1.82, 2.24) is 4.90 Å². The highest BCUT2D eigenvalue weighted by molar-refractivity contribution is 7.92. The monoisotopic (exact) mass is 460 g/mol. The molecule has 8 nitrogen and oxygen atoms in total. The summed E-state index contributed by atoms with van der Waals surface area (Å²) in [5, 5.41) is 0. The number of para-hydroxylation sites is 1. The smallest absolute Gasteiger partial charge is 0.262 e. The highest BCUT2D eigenvalue weighted by atomic mass is 32.2. The zero-order valence-corrected chi connectivity index (χ0v) is 18.9. The second-order valence-corrected chi connectivity index (χ2v) is 9.53. The number of ether oxygens (including phenoxy) is 3. The molecule has 1 saturated heterocycles. The molecular weight excluding hydrogens is 432 g/mol. The quantitative estimate of drug-likeness (QED) is 0.682. The highest BCUT2D eigenvalue weighted by Crippen LogP contribution is 2.33. The number of rotatable bonds is 7. The molecule has 0 saturated carbocycles. The van der Waals surface area contributed by atoms with Crippen LogP contribution in [-0.4, -0.2) is 58.2 Å². The number of nitrogens with zero attached hydrogens (tertiary/aromatic N) is 1. The summed E-state index contributed by atoms with van der Waals surface area (Å²) in [7, 11) is -3.94. The van der Waals surface area contributed by atoms with Crippen LogP contribution in [0.25, 0.3) is 0 Å². The third-order valence-corrected chi connectivity index (χ3v) is 6.81. The number of carbonyl (C=O) groups is 1. The molecule has 1 atom stereocenters. The Morgan fingerprint density at radius 2 is 1.94 bits per heavy atom. The summed E-state index contributed by atoms with van der Waals surface area (Å²) in [5.41, 5.74) is 0.550. The number of fused-ring (bicyclic) bond motifs is 1. The molecule has 1 N–H and O–H groups in total. The molecule has 2 aromatic carbocycles. The number of carbonyl (C=O) groups excluding carboxylic acids is 1. The van der Waals surface area contributed by atoms with Crippen molar-refractivity contribution >= 4 is 21.6 Å². The van der Waals surface area contributed by atoms with E-state index < -0.39 is 10.0 Å². The van der Waals surface area contributed by atoms with E-state index in [2.05, 4.69) is 11.6 Å². The van der Waals surface area contributed by atoms with Gasteiger partial charge in [-0.05, 0) is 43.5 Å². The lowest BCUT2D eigenvalue weighted by molar-refractivity contribution is 0.00214. The van der Waals surface area contributed by atoms with Gasteiger partial charge in [0.2, 0.25) is 0 Å². The molecule has 4 rings (SSSR count). The fourth-order valence-electron chi connectivity index (χ4n) is 3.87. The zero-order chi connectivity index (χ0) is 22.6. The number of piperidine rings is 1. The average Bonchev–Trinajstić information content (AvgIpc) is 2.82. The molecule has 2 heterocycles. The normalized spacial score (nSPS) is 18.3. The molecule has 1 amide bonds. The van der Waals surface area contributed by atoms with E-state index in [1.165, 1.54) is 12.1 Å². The Kier molecular flexibility index (Phi) is 6.86. The van der Waals surface area contributed by atoms with Gasteiger partial charge in [-0.1, -0.05) is 19.1 Å². The Labute approximate surface area is 188 Å². The van der Waals surface area contributed by atoms with Crippen LogP contribution in [0.2, 0.25) is 0 Å². The van der Waals surface area contributed by atoms with Crippen molar-refractivity contribution in [2.45, 2.75) is 37.2 Å². The van der Waals surface area contributed by atoms with E-state index >= 15 is 0 Å². The van der Waals surface area contributed by atoms with E-state index in [1.807, 2.05) is 0 Å². The second kappa shape index (κ2) is 9.79. The summed E-state index contributed by atoms with van der Waals surface area (Å²) in [6, 6.07) is 11.1. The number of hydrogen-bond donors (Lipinski definition) is 1. The second-order valence-electron chi connectivity index (χ2n) is 7.84. The van der Waals surface area contributed by atoms with Crippen molar-refractivity contribution in [2.75, 3.05) is 37.6 Å². The maximum atomic E-state index is 13.3. The Hall–Kier alpha value is -2.78. The van der Waals surface area contributed by atoms with Crippen LogP contribution >= 0.6 is 0 Å². The Balaban J connectivity index is 1.54. The third-order valence-electron chi connectivity index (χ3n) is 5.45. The minimum absolute atomic E-state index is 0.00854. The molecule has 2 aromatic rings. The van der Waals surface area contributed by atoms with Gasteiger partial charge in [0.1, 0.15) is 13.2 Å². The van der Waals surface area contributed by atoms with Crippen molar-refractivity contribution in [1.29, 1.82) is 0 Å². The number of likely N-dealkylation sites (tertiary alicyclic amines) is 1. The van der Waals surface area contributed by atoms with E-state index in [0.717, 1.165) is 19.3 Å². The zero-order valence-electron chi connectivity index (χ0n) is 18.1. The number of sulfonamides is 1. The Morgan fingerprint density at radius 3 is 2.75 bits per heavy atom. The van der Waals surface area contributed by atoms with Crippen molar-refractivity contribution in [3.8, 4) is 11.5 Å². The van der Waals surface area contributed by atoms with Crippen LogP contribution in [0.3, 0.4) is 0 Å². The fourth-order valence-corrected chi connectivity index (χ4v) is 4.96. The van der Waals surface area contributed by atoms with E-state index in [0.29, 0.717) is 50.0 Å². The van der Waals surface area contributed by atoms with Crippen molar-refractivity contribution in [3.63, 3.8) is 0 Å². The number of hydrogen-bond acceptors (Lipinski definition) is 6. The van der Waals surface area contributed by atoms with Gasteiger partial charge in [0.25, 0.3) is 15.9 Å². The van der Waals surface area contributed by atoms with Crippen LogP contribution in [-0.2, 0) is 14.8 Å². The first kappa shape index (κ1) is 22.4. The van der Waals surface area contributed by atoms with E-state index in [-0.39, 0.29) is 22.6 Å². The summed E-state index contributed by atoms with van der Waals surface area (Å²) >= 11 is 0. The van der Waals surface area contributed by atoms with Gasteiger partial charge in [0.05, 0.1) is 22.3 Å². The largest absolute Gasteiger partial charge is 0.486 e. The molecule has 0 aromatic heterocycles. The van der Waals surface area contributed by atoms with E-state index in [4.69, 9.17) is 14.2 Å². The predicted molar refractivity (Wildman–Crippen MR) is 120 cm³/mol. The van der Waals surface area contributed by atoms with Gasteiger partial charge in [-0.25, -0.2) is 8.42 Å². The molecule has 0 spiro atoms. The molecule has 1 fully saturated rings. The van der Waals surface area contributed by atoms with Crippen molar-refractivity contribution in [3.05, 3.63) is 48.0 Å². The fraction of sp³-hybridized carbons (Fsp3) is 0.435. The molecule has 0 radical (unpaired) electrons. The third kappa shape index (κ3) is 4.99. The van der Waals surface area contributed by atoms with Crippen molar-refractivity contribution < 1.29 is 27.4 Å². The summed E-state index contributed by atoms with van der Waals surface area (Å²) in [6.07, 6.45) is 2.71. The minimum atomic E-state index is -3.94. The molecular formula is C23H28N2O6S. The standard InChI is InChI=1S/C23H28N2O6S/c1-2-12-29-17-6-5-11-25(16-17)23(26)19-7-3-4-8-20(19)24-32(27,28)18-9-10-21-22(15-18)31-14-13-30-21/h3-4,7-10,15,17,24H,2,5-6,11-14,16H2,1H3. The molecule has 172 valence electrons. The van der Waals surface area contributed by atoms with Crippen LogP contribution in [0.1, 0.15) is 36.5 Å². The lowest BCUT2D eigenvalue weighted by Gasteiger charge is -2.33. The molecule has 2 aliphatic rings. The van der Waals surface area contributed by atoms with Gasteiger partial charge in [-0.3, -0.25) is 9.52 Å². The average molecular weight is 461 g/mol. The Bertz CT molecular complexity index is 1070. The number of nitrogens with one attached hydrogen (secondary N) is 1. The molecule has 0 bridgehead atoms. The molecule has 2 aliphatic heterocycles. The van der Waals surface area contributed by atoms with Gasteiger partial charge >= 0.3 is 0 Å². The van der Waals surface area contributed by atoms with Crippen LogP contribution < -0.4 is 14.2 Å². The SMILES string of the molecule is CCCOC1CCCN(C(=O)c2ccccc2NS(=O)(=O)c2ccc3c(c2)OCCO3)C1. The molecule has 0 aliphatic carbocycles. The predicted octanol–water partition coefficient (Wildman–Crippen LogP) is 3.29. The lowest BCUT2D eigenvalue weighted by atomic mass is 10.1. The van der Waals surface area contributed by atoms with Crippen molar-refractivity contribution in [2.24, 2.45) is 0 Å². The first-order valence-corrected chi connectivity index (χ1v) is 12.4. The maximum absolute atomic E-state index is 13.3. The minimum Gasteiger partial charge on any atom is -0.486 e. The molecule has 9 heteroatoms. The summed E-state index contributed by atoms with van der Waals surface area (Å²) in [6.45, 7) is 4.62. The number of anilines is 1. The van der Waals surface area contributed by atoms with Crippen LogP contribution in [0.5, 0.6) is 11.5 Å². The van der Waals surface area contributed by atoms with Gasteiger partial charge < -0.3 is 19.1 Å². The van der Waals surface area contributed by atoms with Crippen LogP contribution in [0.4, 0.5) is 5.69 Å². The number of benzene rings is 2. The maximum Gasteiger partial charge on any atom is 0.262 e. The molecule has 1 unspecified atom stereocenters. The van der Waals surface area contributed by atoms with Gasteiger partial charge in [0.15, 0.2) is 11.5 Å². The van der Waals surface area contributed by atoms with Gasteiger partial charge in [0, 0.05) is 25.8 Å². The topological polar surface area (TPSA) is 94.2 Å². The van der Waals surface area contributed by atoms with Crippen LogP contribution in [0.15, 0.2) is 47.4 Å². The van der Waals surface area contributed by atoms with Gasteiger partial charge in [-0.2, -0.15) is 0 Å². The van der Waals surface area contributed by atoms with Crippen LogP contribution in [0, 0.1) is 0 Å². The Morgan fingerprint density at radius 1 is 1.16 bits per heavy atom. The first-order valence-electron chi connectivity index (χ1n) is 10.9. The highest BCUT2D eigenvalue weighted by Gasteiger charge is 2.27. The summed E-state index contributed by atoms with van der Waals surface area (Å²) in [5.74, 6) is 0.681. The first-order chi connectivity index (χ1) is 15.5. The number of amides is 1. The van der Waals surface area contributed by atoms with E-state index in [9.17, 15) is 13.2 Å². The summed E-state index contributed by atoms with van der Waals surface area (Å²) in [4.78, 5) is 15.0. The lowest BCUT2D eigenvalue weighted by Crippen LogP contribution is -2.43.